The van der Waals surface area contributed by atoms with Gasteiger partial charge in [-0.3, -0.25) is 14.6 Å². The fraction of sp³-hybridized carbons (Fsp3) is 0.312. The van der Waals surface area contributed by atoms with E-state index in [0.717, 1.165) is 0 Å². The van der Waals surface area contributed by atoms with Crippen LogP contribution < -0.4 is 31.5 Å². The number of hydrazone groups is 1. The van der Waals surface area contributed by atoms with Crippen molar-refractivity contribution in [2.24, 2.45) is 5.10 Å². The Bertz CT molecular complexity index is 971. The predicted molar refractivity (Wildman–Crippen MR) is 106 cm³/mol. The highest BCUT2D eigenvalue weighted by molar-refractivity contribution is 9.10. The molecule has 0 aliphatic heterocycles. The summed E-state index contributed by atoms with van der Waals surface area (Å²) in [5.41, 5.74) is 1.70. The molecule has 11 nitrogen and oxygen atoms in total. The third-order valence-electron chi connectivity index (χ3n) is 3.29. The summed E-state index contributed by atoms with van der Waals surface area (Å²) in [6, 6.07) is 3.51. The minimum absolute atomic E-state index is 0.0358. The lowest BCUT2D eigenvalue weighted by Crippen LogP contribution is -2.28. The second-order valence-corrected chi connectivity index (χ2v) is 6.15. The Labute approximate surface area is 167 Å². The van der Waals surface area contributed by atoms with Gasteiger partial charge in [0.1, 0.15) is 0 Å². The van der Waals surface area contributed by atoms with Crippen LogP contribution in [0.25, 0.3) is 0 Å². The molecule has 1 amide bonds. The fourth-order valence-corrected chi connectivity index (χ4v) is 2.74. The van der Waals surface area contributed by atoms with Crippen molar-refractivity contribution in [3.05, 3.63) is 43.0 Å². The van der Waals surface area contributed by atoms with Crippen LogP contribution in [0, 0.1) is 0 Å². The summed E-state index contributed by atoms with van der Waals surface area (Å²) in [5, 5.41) is 12.2. The second kappa shape index (κ2) is 10.3. The largest absolute Gasteiger partial charge is 0.492 e. The second-order valence-electron chi connectivity index (χ2n) is 5.29. The maximum atomic E-state index is 11.8. The Kier molecular flexibility index (Phi) is 7.75. The number of aromatic amines is 2. The Balaban J connectivity index is 1.89. The molecule has 1 aromatic heterocycles. The summed E-state index contributed by atoms with van der Waals surface area (Å²) in [4.78, 5) is 36.2. The van der Waals surface area contributed by atoms with Crippen LogP contribution in [0.2, 0.25) is 0 Å². The number of rotatable bonds is 9. The molecule has 0 radical (unpaired) electrons. The molecule has 1 heterocycles. The SMILES string of the molecule is CCOc1cc(/C=N/NC(=O)CCNc2n[nH]c(=O)[nH]c2=O)cc(Br)c1OC. The minimum atomic E-state index is -0.708. The van der Waals surface area contributed by atoms with Crippen LogP contribution >= 0.6 is 15.9 Å². The van der Waals surface area contributed by atoms with Gasteiger partial charge in [0.25, 0.3) is 5.56 Å². The van der Waals surface area contributed by atoms with E-state index in [0.29, 0.717) is 28.1 Å². The Morgan fingerprint density at radius 2 is 2.18 bits per heavy atom. The number of amides is 1. The number of ether oxygens (including phenoxy) is 2. The molecule has 0 bridgehead atoms. The Hall–Kier alpha value is -3.15. The molecule has 12 heteroatoms. The number of carbonyl (C=O) groups excluding carboxylic acids is 1. The molecule has 28 heavy (non-hydrogen) atoms. The highest BCUT2D eigenvalue weighted by Gasteiger charge is 2.10. The summed E-state index contributed by atoms with van der Waals surface area (Å²) < 4.78 is 11.5. The number of nitrogens with one attached hydrogen (secondary N) is 4. The highest BCUT2D eigenvalue weighted by atomic mass is 79.9. The summed E-state index contributed by atoms with van der Waals surface area (Å²) in [6.45, 7) is 2.46. The zero-order valence-corrected chi connectivity index (χ0v) is 16.8. The van der Waals surface area contributed by atoms with Crippen LogP contribution in [0.15, 0.2) is 31.3 Å². The fourth-order valence-electron chi connectivity index (χ4n) is 2.12. The van der Waals surface area contributed by atoms with Crippen LogP contribution in [0.4, 0.5) is 5.82 Å². The molecule has 2 rings (SSSR count). The molecule has 1 aromatic carbocycles. The van der Waals surface area contributed by atoms with Gasteiger partial charge < -0.3 is 14.8 Å². The lowest BCUT2D eigenvalue weighted by molar-refractivity contribution is -0.120. The van der Waals surface area contributed by atoms with Gasteiger partial charge in [0.15, 0.2) is 11.5 Å². The molecule has 0 aliphatic rings. The number of hydrogen-bond donors (Lipinski definition) is 4. The van der Waals surface area contributed by atoms with E-state index in [1.54, 1.807) is 19.2 Å². The maximum absolute atomic E-state index is 11.8. The number of benzene rings is 1. The van der Waals surface area contributed by atoms with E-state index in [1.807, 2.05) is 11.9 Å². The number of aromatic nitrogens is 3. The van der Waals surface area contributed by atoms with Gasteiger partial charge in [-0.1, -0.05) is 0 Å². The number of methoxy groups -OCH3 is 1. The summed E-state index contributed by atoms with van der Waals surface area (Å²) >= 11 is 3.40. The van der Waals surface area contributed by atoms with E-state index in [9.17, 15) is 14.4 Å². The first-order chi connectivity index (χ1) is 13.4. The Morgan fingerprint density at radius 1 is 1.39 bits per heavy atom. The van der Waals surface area contributed by atoms with Gasteiger partial charge in [-0.2, -0.15) is 5.10 Å². The standard InChI is InChI=1S/C16H19BrN6O5/c1-3-28-11-7-9(6-10(17)13(11)27-2)8-19-21-12(24)4-5-18-14-15(25)20-16(26)23-22-14/h6-8H,3-5H2,1-2H3,(H,18,22)(H,21,24)(H2,20,23,25,26)/b19-8+. The van der Waals surface area contributed by atoms with Crippen molar-refractivity contribution in [2.45, 2.75) is 13.3 Å². The van der Waals surface area contributed by atoms with E-state index >= 15 is 0 Å². The van der Waals surface area contributed by atoms with Crippen molar-refractivity contribution in [2.75, 3.05) is 25.6 Å². The van der Waals surface area contributed by atoms with E-state index in [2.05, 4.69) is 42.0 Å². The third-order valence-corrected chi connectivity index (χ3v) is 3.88. The van der Waals surface area contributed by atoms with Crippen LogP contribution in [0.3, 0.4) is 0 Å². The van der Waals surface area contributed by atoms with Gasteiger partial charge in [0, 0.05) is 13.0 Å². The number of carbonyl (C=O) groups is 1. The smallest absolute Gasteiger partial charge is 0.342 e. The topological polar surface area (TPSA) is 151 Å². The molecule has 150 valence electrons. The van der Waals surface area contributed by atoms with Crippen molar-refractivity contribution in [3.63, 3.8) is 0 Å². The number of H-pyrrole nitrogens is 2. The number of hydrogen-bond acceptors (Lipinski definition) is 8. The minimum Gasteiger partial charge on any atom is -0.492 e. The van der Waals surface area contributed by atoms with Crippen molar-refractivity contribution in [1.82, 2.24) is 20.6 Å². The molecule has 0 fully saturated rings. The third kappa shape index (κ3) is 5.94. The zero-order valence-electron chi connectivity index (χ0n) is 15.2. The van der Waals surface area contributed by atoms with Crippen molar-refractivity contribution in [3.8, 4) is 11.5 Å². The van der Waals surface area contributed by atoms with Gasteiger partial charge in [-0.15, -0.1) is 5.10 Å². The molecule has 0 spiro atoms. The normalized spacial score (nSPS) is 10.7. The van der Waals surface area contributed by atoms with Gasteiger partial charge in [-0.25, -0.2) is 15.3 Å². The molecule has 0 aliphatic carbocycles. The first-order valence-electron chi connectivity index (χ1n) is 8.19. The van der Waals surface area contributed by atoms with E-state index in [-0.39, 0.29) is 24.7 Å². The van der Waals surface area contributed by atoms with Gasteiger partial charge in [-0.05, 0) is 40.5 Å². The summed E-state index contributed by atoms with van der Waals surface area (Å²) in [6.07, 6.45) is 1.50. The molecule has 4 N–H and O–H groups in total. The van der Waals surface area contributed by atoms with E-state index < -0.39 is 11.2 Å². The monoisotopic (exact) mass is 454 g/mol. The van der Waals surface area contributed by atoms with Crippen molar-refractivity contribution < 1.29 is 14.3 Å². The van der Waals surface area contributed by atoms with Crippen LogP contribution in [0.1, 0.15) is 18.9 Å². The first kappa shape index (κ1) is 21.2. The number of anilines is 1. The predicted octanol–water partition coefficient (Wildman–Crippen LogP) is 0.580. The molecule has 0 atom stereocenters. The summed E-state index contributed by atoms with van der Waals surface area (Å²) in [5.74, 6) is 0.666. The maximum Gasteiger partial charge on any atom is 0.342 e. The van der Waals surface area contributed by atoms with Crippen LogP contribution in [0.5, 0.6) is 11.5 Å². The molecule has 0 unspecified atom stereocenters. The van der Waals surface area contributed by atoms with Gasteiger partial charge in [0.2, 0.25) is 11.7 Å². The average molecular weight is 455 g/mol. The van der Waals surface area contributed by atoms with Crippen LogP contribution in [-0.4, -0.2) is 47.6 Å². The molecule has 0 saturated carbocycles. The number of halogens is 1. The molecule has 0 saturated heterocycles. The van der Waals surface area contributed by atoms with Crippen molar-refractivity contribution >= 4 is 33.9 Å². The van der Waals surface area contributed by atoms with Gasteiger partial charge in [0.05, 0.1) is 24.4 Å². The lowest BCUT2D eigenvalue weighted by Gasteiger charge is -2.11. The van der Waals surface area contributed by atoms with E-state index in [4.69, 9.17) is 9.47 Å². The van der Waals surface area contributed by atoms with Crippen molar-refractivity contribution in [1.29, 1.82) is 0 Å². The quantitative estimate of drug-likeness (QED) is 0.319. The van der Waals surface area contributed by atoms with E-state index in [1.165, 1.54) is 6.21 Å². The molecular formula is C16H19BrN6O5. The zero-order chi connectivity index (χ0) is 20.5. The highest BCUT2D eigenvalue weighted by Crippen LogP contribution is 2.36. The molecular weight excluding hydrogens is 436 g/mol. The van der Waals surface area contributed by atoms with Crippen LogP contribution in [-0.2, 0) is 4.79 Å². The first-order valence-corrected chi connectivity index (χ1v) is 8.99. The lowest BCUT2D eigenvalue weighted by atomic mass is 10.2. The number of nitrogens with zero attached hydrogens (tertiary/aromatic N) is 2. The average Bonchev–Trinajstić information content (AvgIpc) is 2.64. The van der Waals surface area contributed by atoms with Gasteiger partial charge >= 0.3 is 5.69 Å². The summed E-state index contributed by atoms with van der Waals surface area (Å²) in [7, 11) is 1.54. The Morgan fingerprint density at radius 3 is 2.86 bits per heavy atom. The molecule has 2 aromatic rings.